The summed E-state index contributed by atoms with van der Waals surface area (Å²) in [6.07, 6.45) is 3.52. The minimum Gasteiger partial charge on any atom is -0.487 e. The van der Waals surface area contributed by atoms with Crippen LogP contribution in [0.2, 0.25) is 0 Å². The number of aliphatic hydroxyl groups is 1. The Balaban J connectivity index is 1.93. The zero-order chi connectivity index (χ0) is 13.0. The van der Waals surface area contributed by atoms with Crippen LogP contribution < -0.4 is 15.8 Å². The SMILES string of the molecule is CCOc1c(N)nsc1NCC1CCCC1CO. The number of hydrogen-bond acceptors (Lipinski definition) is 6. The second kappa shape index (κ2) is 6.24. The number of ether oxygens (including phenoxy) is 1. The average Bonchev–Trinajstić information content (AvgIpc) is 2.96. The van der Waals surface area contributed by atoms with Gasteiger partial charge < -0.3 is 20.9 Å². The van der Waals surface area contributed by atoms with E-state index in [1.165, 1.54) is 24.4 Å². The van der Waals surface area contributed by atoms with Gasteiger partial charge in [-0.15, -0.1) is 0 Å². The predicted molar refractivity (Wildman–Crippen MR) is 74.1 cm³/mol. The molecule has 0 aromatic carbocycles. The van der Waals surface area contributed by atoms with Gasteiger partial charge in [0.2, 0.25) is 0 Å². The first-order valence-corrected chi connectivity index (χ1v) is 7.26. The van der Waals surface area contributed by atoms with Crippen LogP contribution in [0.1, 0.15) is 26.2 Å². The van der Waals surface area contributed by atoms with Crippen LogP contribution in [-0.4, -0.2) is 29.2 Å². The average molecular weight is 271 g/mol. The topological polar surface area (TPSA) is 80.4 Å². The highest BCUT2D eigenvalue weighted by Gasteiger charge is 2.26. The molecule has 1 heterocycles. The van der Waals surface area contributed by atoms with Crippen molar-refractivity contribution < 1.29 is 9.84 Å². The molecular formula is C12H21N3O2S. The molecule has 0 amide bonds. The molecule has 1 aliphatic carbocycles. The molecule has 0 saturated heterocycles. The van der Waals surface area contributed by atoms with Crippen LogP contribution in [0, 0.1) is 11.8 Å². The number of nitrogens with zero attached hydrogens (tertiary/aromatic N) is 1. The first-order valence-electron chi connectivity index (χ1n) is 6.48. The number of nitrogens with one attached hydrogen (secondary N) is 1. The Labute approximate surface area is 112 Å². The predicted octanol–water partition coefficient (Wildman–Crippen LogP) is 1.94. The third kappa shape index (κ3) is 2.87. The Kier molecular flexibility index (Phi) is 4.66. The first kappa shape index (κ1) is 13.4. The molecule has 102 valence electrons. The standard InChI is InChI=1S/C12H21N3O2S/c1-2-17-10-11(13)15-18-12(10)14-6-8-4-3-5-9(8)7-16/h8-9,14,16H,2-7H2,1H3,(H2,13,15). The van der Waals surface area contributed by atoms with Gasteiger partial charge in [-0.3, -0.25) is 0 Å². The molecule has 2 rings (SSSR count). The smallest absolute Gasteiger partial charge is 0.197 e. The van der Waals surface area contributed by atoms with Gasteiger partial charge in [0.15, 0.2) is 16.6 Å². The van der Waals surface area contributed by atoms with Crippen molar-refractivity contribution in [2.45, 2.75) is 26.2 Å². The molecule has 2 atom stereocenters. The number of nitrogens with two attached hydrogens (primary N) is 1. The summed E-state index contributed by atoms with van der Waals surface area (Å²) in [7, 11) is 0. The van der Waals surface area contributed by atoms with E-state index in [1.807, 2.05) is 6.92 Å². The molecule has 0 radical (unpaired) electrons. The van der Waals surface area contributed by atoms with Crippen LogP contribution in [-0.2, 0) is 0 Å². The number of nitrogen functional groups attached to an aromatic ring is 1. The monoisotopic (exact) mass is 271 g/mol. The van der Waals surface area contributed by atoms with Crippen LogP contribution >= 0.6 is 11.5 Å². The Morgan fingerprint density at radius 2 is 2.28 bits per heavy atom. The molecule has 0 bridgehead atoms. The highest BCUT2D eigenvalue weighted by molar-refractivity contribution is 7.11. The minimum atomic E-state index is 0.287. The fraction of sp³-hybridized carbons (Fsp3) is 0.750. The highest BCUT2D eigenvalue weighted by Crippen LogP contribution is 2.37. The summed E-state index contributed by atoms with van der Waals surface area (Å²) < 4.78 is 9.59. The van der Waals surface area contributed by atoms with Crippen LogP contribution in [0.3, 0.4) is 0 Å². The van der Waals surface area contributed by atoms with Crippen LogP contribution in [0.5, 0.6) is 5.75 Å². The molecule has 1 aromatic rings. The zero-order valence-electron chi connectivity index (χ0n) is 10.7. The van der Waals surface area contributed by atoms with Gasteiger partial charge in [0.25, 0.3) is 0 Å². The fourth-order valence-corrected chi connectivity index (χ4v) is 3.20. The van der Waals surface area contributed by atoms with Crippen molar-refractivity contribution in [2.75, 3.05) is 30.8 Å². The van der Waals surface area contributed by atoms with Crippen LogP contribution in [0.4, 0.5) is 10.8 Å². The quantitative estimate of drug-likeness (QED) is 0.737. The van der Waals surface area contributed by atoms with Gasteiger partial charge in [0.1, 0.15) is 0 Å². The molecule has 0 aliphatic heterocycles. The number of aromatic nitrogens is 1. The van der Waals surface area contributed by atoms with E-state index in [0.717, 1.165) is 18.0 Å². The molecule has 1 fully saturated rings. The van der Waals surface area contributed by atoms with Crippen molar-refractivity contribution in [1.82, 2.24) is 4.37 Å². The second-order valence-electron chi connectivity index (χ2n) is 4.67. The summed E-state index contributed by atoms with van der Waals surface area (Å²) >= 11 is 1.33. The molecule has 1 aromatic heterocycles. The maximum Gasteiger partial charge on any atom is 0.197 e. The largest absolute Gasteiger partial charge is 0.487 e. The lowest BCUT2D eigenvalue weighted by atomic mass is 9.97. The van der Waals surface area contributed by atoms with Gasteiger partial charge >= 0.3 is 0 Å². The van der Waals surface area contributed by atoms with Gasteiger partial charge in [0, 0.05) is 13.2 Å². The van der Waals surface area contributed by atoms with Gasteiger partial charge in [-0.1, -0.05) is 6.42 Å². The summed E-state index contributed by atoms with van der Waals surface area (Å²) in [5.74, 6) is 2.08. The van der Waals surface area contributed by atoms with E-state index in [9.17, 15) is 5.11 Å². The molecule has 2 unspecified atom stereocenters. The van der Waals surface area contributed by atoms with Gasteiger partial charge in [-0.25, -0.2) is 0 Å². The summed E-state index contributed by atoms with van der Waals surface area (Å²) in [5.41, 5.74) is 5.76. The normalized spacial score (nSPS) is 23.2. The third-order valence-electron chi connectivity index (χ3n) is 3.54. The maximum absolute atomic E-state index is 9.29. The van der Waals surface area contributed by atoms with E-state index in [1.54, 1.807) is 0 Å². The van der Waals surface area contributed by atoms with E-state index in [4.69, 9.17) is 10.5 Å². The Hall–Kier alpha value is -1.01. The van der Waals surface area contributed by atoms with Gasteiger partial charge in [0.05, 0.1) is 6.61 Å². The van der Waals surface area contributed by atoms with E-state index in [0.29, 0.717) is 30.0 Å². The summed E-state index contributed by atoms with van der Waals surface area (Å²) in [6, 6.07) is 0. The van der Waals surface area contributed by atoms with Crippen LogP contribution in [0.25, 0.3) is 0 Å². The third-order valence-corrected chi connectivity index (χ3v) is 4.34. The van der Waals surface area contributed by atoms with Crippen LogP contribution in [0.15, 0.2) is 0 Å². The summed E-state index contributed by atoms with van der Waals surface area (Å²) in [4.78, 5) is 0. The number of anilines is 2. The minimum absolute atomic E-state index is 0.287. The van der Waals surface area contributed by atoms with E-state index in [2.05, 4.69) is 9.69 Å². The van der Waals surface area contributed by atoms with Crippen molar-refractivity contribution >= 4 is 22.4 Å². The van der Waals surface area contributed by atoms with Crippen molar-refractivity contribution in [1.29, 1.82) is 0 Å². The lowest BCUT2D eigenvalue weighted by Crippen LogP contribution is -2.20. The molecule has 18 heavy (non-hydrogen) atoms. The highest BCUT2D eigenvalue weighted by atomic mass is 32.1. The molecule has 0 spiro atoms. The fourth-order valence-electron chi connectivity index (χ4n) is 2.54. The molecule has 5 nitrogen and oxygen atoms in total. The first-order chi connectivity index (χ1) is 8.76. The van der Waals surface area contributed by atoms with E-state index in [-0.39, 0.29) is 6.61 Å². The van der Waals surface area contributed by atoms with E-state index < -0.39 is 0 Å². The molecule has 6 heteroatoms. The molecule has 1 aliphatic rings. The molecule has 4 N–H and O–H groups in total. The van der Waals surface area contributed by atoms with Crippen molar-refractivity contribution in [2.24, 2.45) is 11.8 Å². The zero-order valence-corrected chi connectivity index (χ0v) is 11.5. The Morgan fingerprint density at radius 1 is 1.50 bits per heavy atom. The number of aliphatic hydroxyl groups excluding tert-OH is 1. The lowest BCUT2D eigenvalue weighted by molar-refractivity contribution is 0.199. The second-order valence-corrected chi connectivity index (χ2v) is 5.45. The van der Waals surface area contributed by atoms with Gasteiger partial charge in [-0.05, 0) is 43.1 Å². The Bertz CT molecular complexity index is 383. The summed E-state index contributed by atoms with van der Waals surface area (Å²) in [6.45, 7) is 3.65. The molecular weight excluding hydrogens is 250 g/mol. The Morgan fingerprint density at radius 3 is 3.00 bits per heavy atom. The lowest BCUT2D eigenvalue weighted by Gasteiger charge is -2.18. The van der Waals surface area contributed by atoms with Crippen molar-refractivity contribution in [3.8, 4) is 5.75 Å². The molecule has 1 saturated carbocycles. The van der Waals surface area contributed by atoms with E-state index >= 15 is 0 Å². The van der Waals surface area contributed by atoms with Crippen molar-refractivity contribution in [3.63, 3.8) is 0 Å². The summed E-state index contributed by atoms with van der Waals surface area (Å²) in [5, 5.41) is 13.6. The number of rotatable bonds is 6. The maximum atomic E-state index is 9.29. The van der Waals surface area contributed by atoms with Gasteiger partial charge in [-0.2, -0.15) is 4.37 Å². The van der Waals surface area contributed by atoms with Crippen molar-refractivity contribution in [3.05, 3.63) is 0 Å². The number of hydrogen-bond donors (Lipinski definition) is 3.